The number of aryl methyl sites for hydroxylation is 2. The van der Waals surface area contributed by atoms with E-state index in [9.17, 15) is 9.18 Å². The zero-order valence-corrected chi connectivity index (χ0v) is 21.8. The number of amides is 1. The average molecular weight is 476 g/mol. The molecule has 1 saturated heterocycles. The molecule has 1 aliphatic rings. The molecule has 33 heavy (non-hydrogen) atoms. The number of aromatic nitrogens is 1. The van der Waals surface area contributed by atoms with Crippen LogP contribution in [0, 0.1) is 17.5 Å². The van der Waals surface area contributed by atoms with Crippen LogP contribution in [0.15, 0.2) is 30.5 Å². The number of carbonyl (C=O) groups is 1. The monoisotopic (exact) mass is 475 g/mol. The summed E-state index contributed by atoms with van der Waals surface area (Å²) in [7, 11) is 0. The van der Waals surface area contributed by atoms with Crippen LogP contribution in [0.5, 0.6) is 0 Å². The van der Waals surface area contributed by atoms with Crippen molar-refractivity contribution in [1.82, 2.24) is 15.2 Å². The molecular formula is C26H38FN3O2S. The predicted molar refractivity (Wildman–Crippen MR) is 132 cm³/mol. The highest BCUT2D eigenvalue weighted by molar-refractivity contribution is 7.10. The second-order valence-corrected chi connectivity index (χ2v) is 11.7. The molecule has 0 bridgehead atoms. The van der Waals surface area contributed by atoms with Gasteiger partial charge in [-0.1, -0.05) is 6.07 Å². The highest BCUT2D eigenvalue weighted by Gasteiger charge is 2.52. The summed E-state index contributed by atoms with van der Waals surface area (Å²) in [5.41, 5.74) is 1.27. The molecule has 1 fully saturated rings. The first-order valence-corrected chi connectivity index (χ1v) is 12.6. The SMILES string of the molecule is Cc1ccc(C(C)(C)N2CC[C@@](CCc3ccc(F)s3)(C(C)(C)NC(=O)OC(C)C)C2)cn1. The molecule has 0 radical (unpaired) electrons. The number of rotatable bonds is 8. The lowest BCUT2D eigenvalue weighted by Gasteiger charge is -2.46. The smallest absolute Gasteiger partial charge is 0.407 e. The number of thiophene rings is 1. The third-order valence-corrected chi connectivity index (χ3v) is 8.26. The van der Waals surface area contributed by atoms with Crippen molar-refractivity contribution in [1.29, 1.82) is 0 Å². The minimum absolute atomic E-state index is 0.155. The van der Waals surface area contributed by atoms with Crippen molar-refractivity contribution in [2.75, 3.05) is 13.1 Å². The molecule has 3 heterocycles. The van der Waals surface area contributed by atoms with Crippen LogP contribution in [-0.4, -0.2) is 40.7 Å². The predicted octanol–water partition coefficient (Wildman–Crippen LogP) is 6.06. The Morgan fingerprint density at radius 3 is 2.58 bits per heavy atom. The summed E-state index contributed by atoms with van der Waals surface area (Å²) in [6.45, 7) is 16.1. The molecule has 182 valence electrons. The third-order valence-electron chi connectivity index (χ3n) is 7.32. The Balaban J connectivity index is 1.87. The maximum absolute atomic E-state index is 13.6. The van der Waals surface area contributed by atoms with Gasteiger partial charge in [0.15, 0.2) is 5.13 Å². The van der Waals surface area contributed by atoms with E-state index in [4.69, 9.17) is 4.74 Å². The van der Waals surface area contributed by atoms with E-state index in [1.54, 1.807) is 0 Å². The van der Waals surface area contributed by atoms with Crippen LogP contribution in [0.4, 0.5) is 9.18 Å². The Kier molecular flexibility index (Phi) is 7.54. The summed E-state index contributed by atoms with van der Waals surface area (Å²) in [5.74, 6) is 0. The molecule has 1 aliphatic heterocycles. The lowest BCUT2D eigenvalue weighted by Crippen LogP contribution is -2.58. The molecule has 0 aromatic carbocycles. The summed E-state index contributed by atoms with van der Waals surface area (Å²) in [6, 6.07) is 7.61. The van der Waals surface area contributed by atoms with E-state index < -0.39 is 11.6 Å². The highest BCUT2D eigenvalue weighted by Crippen LogP contribution is 2.48. The number of likely N-dealkylation sites (tertiary alicyclic amines) is 1. The maximum atomic E-state index is 13.6. The van der Waals surface area contributed by atoms with Crippen molar-refractivity contribution in [2.45, 2.75) is 84.9 Å². The quantitative estimate of drug-likeness (QED) is 0.504. The highest BCUT2D eigenvalue weighted by atomic mass is 32.1. The van der Waals surface area contributed by atoms with Gasteiger partial charge < -0.3 is 10.1 Å². The first-order chi connectivity index (χ1) is 15.3. The van der Waals surface area contributed by atoms with Gasteiger partial charge in [0, 0.05) is 39.8 Å². The molecule has 1 amide bonds. The average Bonchev–Trinajstić information content (AvgIpc) is 3.33. The zero-order valence-electron chi connectivity index (χ0n) is 21.0. The Morgan fingerprint density at radius 1 is 1.27 bits per heavy atom. The molecular weight excluding hydrogens is 437 g/mol. The number of nitrogens with zero attached hydrogens (tertiary/aromatic N) is 2. The summed E-state index contributed by atoms with van der Waals surface area (Å²) in [5, 5.41) is 3.01. The molecule has 7 heteroatoms. The number of hydrogen-bond acceptors (Lipinski definition) is 5. The van der Waals surface area contributed by atoms with Crippen molar-refractivity contribution >= 4 is 17.4 Å². The third kappa shape index (κ3) is 5.75. The topological polar surface area (TPSA) is 54.5 Å². The summed E-state index contributed by atoms with van der Waals surface area (Å²) >= 11 is 1.21. The van der Waals surface area contributed by atoms with Crippen molar-refractivity contribution < 1.29 is 13.9 Å². The normalized spacial score (nSPS) is 19.8. The largest absolute Gasteiger partial charge is 0.447 e. The van der Waals surface area contributed by atoms with Crippen LogP contribution in [-0.2, 0) is 16.7 Å². The molecule has 5 nitrogen and oxygen atoms in total. The lowest BCUT2D eigenvalue weighted by molar-refractivity contribution is 0.0571. The van der Waals surface area contributed by atoms with Crippen molar-refractivity contribution in [3.05, 3.63) is 51.7 Å². The summed E-state index contributed by atoms with van der Waals surface area (Å²) < 4.78 is 19.0. The van der Waals surface area contributed by atoms with Gasteiger partial charge in [-0.25, -0.2) is 4.79 Å². The minimum atomic E-state index is -0.509. The van der Waals surface area contributed by atoms with Gasteiger partial charge in [0.2, 0.25) is 0 Å². The van der Waals surface area contributed by atoms with Crippen LogP contribution in [0.2, 0.25) is 0 Å². The molecule has 0 spiro atoms. The number of nitrogens with one attached hydrogen (secondary N) is 1. The number of halogens is 1. The molecule has 2 aromatic heterocycles. The number of carbonyl (C=O) groups excluding carboxylic acids is 1. The maximum Gasteiger partial charge on any atom is 0.407 e. The molecule has 1 N–H and O–H groups in total. The molecule has 3 rings (SSSR count). The first-order valence-electron chi connectivity index (χ1n) is 11.8. The van der Waals surface area contributed by atoms with E-state index in [1.165, 1.54) is 23.0 Å². The number of ether oxygens (including phenoxy) is 1. The first kappa shape index (κ1) is 25.6. The van der Waals surface area contributed by atoms with E-state index >= 15 is 0 Å². The van der Waals surface area contributed by atoms with Crippen molar-refractivity contribution in [2.24, 2.45) is 5.41 Å². The van der Waals surface area contributed by atoms with Gasteiger partial charge in [0.05, 0.1) is 6.10 Å². The lowest BCUT2D eigenvalue weighted by atomic mass is 9.67. The van der Waals surface area contributed by atoms with E-state index in [-0.39, 0.29) is 22.2 Å². The summed E-state index contributed by atoms with van der Waals surface area (Å²) in [4.78, 5) is 20.6. The Morgan fingerprint density at radius 2 is 2.00 bits per heavy atom. The minimum Gasteiger partial charge on any atom is -0.447 e. The summed E-state index contributed by atoms with van der Waals surface area (Å²) in [6.07, 6.45) is 3.95. The van der Waals surface area contributed by atoms with Crippen LogP contribution in [0.1, 0.15) is 70.5 Å². The van der Waals surface area contributed by atoms with Crippen LogP contribution < -0.4 is 5.32 Å². The van der Waals surface area contributed by atoms with Crippen molar-refractivity contribution in [3.8, 4) is 0 Å². The fourth-order valence-electron chi connectivity index (χ4n) is 4.87. The van der Waals surface area contributed by atoms with Crippen LogP contribution >= 0.6 is 11.3 Å². The van der Waals surface area contributed by atoms with Crippen molar-refractivity contribution in [3.63, 3.8) is 0 Å². The van der Waals surface area contributed by atoms with E-state index in [0.717, 1.165) is 42.9 Å². The molecule has 1 atom stereocenters. The molecule has 0 aliphatic carbocycles. The van der Waals surface area contributed by atoms with Gasteiger partial charge in [-0.2, -0.15) is 4.39 Å². The second-order valence-electron chi connectivity index (χ2n) is 10.6. The number of pyridine rings is 1. The van der Waals surface area contributed by atoms with Gasteiger partial charge >= 0.3 is 6.09 Å². The zero-order chi connectivity index (χ0) is 24.4. The molecule has 0 unspecified atom stereocenters. The molecule has 0 saturated carbocycles. The number of alkyl carbamates (subject to hydrolysis) is 1. The van der Waals surface area contributed by atoms with E-state index in [1.807, 2.05) is 33.0 Å². The van der Waals surface area contributed by atoms with Gasteiger partial charge in [0.1, 0.15) is 0 Å². The van der Waals surface area contributed by atoms with Gasteiger partial charge in [-0.15, -0.1) is 11.3 Å². The fourth-order valence-corrected chi connectivity index (χ4v) is 5.60. The second kappa shape index (κ2) is 9.71. The Hall–Kier alpha value is -1.99. The van der Waals surface area contributed by atoms with E-state index in [0.29, 0.717) is 0 Å². The van der Waals surface area contributed by atoms with Crippen LogP contribution in [0.25, 0.3) is 0 Å². The standard InChI is InChI=1S/C26H38FN3O2S/c1-18(2)32-23(31)29-25(6,7)26(13-12-21-10-11-22(27)33-21)14-15-30(17-26)24(4,5)20-9-8-19(3)28-16-20/h8-11,16,18H,12-15,17H2,1-7H3,(H,29,31)/t26-/m1/s1. The Labute approximate surface area is 201 Å². The fraction of sp³-hybridized carbons (Fsp3) is 0.615. The van der Waals surface area contributed by atoms with Gasteiger partial charge in [-0.05, 0) is 98.0 Å². The molecule has 2 aromatic rings. The van der Waals surface area contributed by atoms with E-state index in [2.05, 4.69) is 55.0 Å². The van der Waals surface area contributed by atoms with Gasteiger partial charge in [0.25, 0.3) is 0 Å². The van der Waals surface area contributed by atoms with Gasteiger partial charge in [-0.3, -0.25) is 9.88 Å². The van der Waals surface area contributed by atoms with Crippen LogP contribution in [0.3, 0.4) is 0 Å². The Bertz CT molecular complexity index is 955. The number of hydrogen-bond donors (Lipinski definition) is 1.